The van der Waals surface area contributed by atoms with Gasteiger partial charge in [0.15, 0.2) is 0 Å². The highest BCUT2D eigenvalue weighted by atomic mass is 32.2. The summed E-state index contributed by atoms with van der Waals surface area (Å²) >= 11 is 0. The van der Waals surface area contributed by atoms with E-state index in [1.54, 1.807) is 23.1 Å². The van der Waals surface area contributed by atoms with Crippen LogP contribution in [0.5, 0.6) is 0 Å². The number of hydrogen-bond donors (Lipinski definition) is 0. The quantitative estimate of drug-likeness (QED) is 0.821. The molecule has 1 amide bonds. The largest absolute Gasteiger partial charge is 0.340 e. The zero-order chi connectivity index (χ0) is 17.9. The molecule has 8 heteroatoms. The predicted molar refractivity (Wildman–Crippen MR) is 89.7 cm³/mol. The van der Waals surface area contributed by atoms with Crippen molar-refractivity contribution < 1.29 is 17.6 Å². The molecule has 1 saturated heterocycles. The Balaban J connectivity index is 1.60. The van der Waals surface area contributed by atoms with Gasteiger partial charge in [-0.1, -0.05) is 12.1 Å². The first-order valence-corrected chi connectivity index (χ1v) is 9.33. The van der Waals surface area contributed by atoms with Crippen molar-refractivity contribution in [3.63, 3.8) is 0 Å². The molecule has 0 spiro atoms. The summed E-state index contributed by atoms with van der Waals surface area (Å²) in [5.74, 6) is -0.435. The molecule has 1 aliphatic heterocycles. The predicted octanol–water partition coefficient (Wildman–Crippen LogP) is 1.30. The molecule has 1 fully saturated rings. The molecule has 0 N–H and O–H groups in total. The Kier molecular flexibility index (Phi) is 5.10. The summed E-state index contributed by atoms with van der Waals surface area (Å²) in [6, 6.07) is 8.89. The molecule has 1 aromatic heterocycles. The van der Waals surface area contributed by atoms with E-state index in [1.165, 1.54) is 34.9 Å². The van der Waals surface area contributed by atoms with Crippen molar-refractivity contribution in [3.05, 3.63) is 60.2 Å². The Morgan fingerprint density at radius 2 is 1.76 bits per heavy atom. The molecule has 0 unspecified atom stereocenters. The molecule has 2 aromatic rings. The van der Waals surface area contributed by atoms with E-state index in [9.17, 15) is 17.6 Å². The molecule has 0 atom stereocenters. The van der Waals surface area contributed by atoms with E-state index in [1.807, 2.05) is 0 Å². The van der Waals surface area contributed by atoms with Crippen LogP contribution in [0.25, 0.3) is 0 Å². The Morgan fingerprint density at radius 1 is 1.08 bits per heavy atom. The Labute approximate surface area is 145 Å². The number of piperazine rings is 1. The number of nitrogens with zero attached hydrogens (tertiary/aromatic N) is 3. The topological polar surface area (TPSA) is 70.6 Å². The van der Waals surface area contributed by atoms with Crippen LogP contribution in [-0.2, 0) is 21.2 Å². The Morgan fingerprint density at radius 3 is 2.36 bits per heavy atom. The Hall–Kier alpha value is -2.32. The third-order valence-corrected chi connectivity index (χ3v) is 6.01. The molecular weight excluding hydrogens is 345 g/mol. The van der Waals surface area contributed by atoms with E-state index in [2.05, 4.69) is 4.98 Å². The number of benzene rings is 1. The fourth-order valence-corrected chi connectivity index (χ4v) is 4.10. The highest BCUT2D eigenvalue weighted by Crippen LogP contribution is 2.17. The second-order valence-electron chi connectivity index (χ2n) is 5.78. The number of carbonyl (C=O) groups is 1. The maximum absolute atomic E-state index is 12.9. The van der Waals surface area contributed by atoms with Gasteiger partial charge in [0.25, 0.3) is 0 Å². The van der Waals surface area contributed by atoms with Crippen molar-refractivity contribution in [2.24, 2.45) is 0 Å². The van der Waals surface area contributed by atoms with Crippen molar-refractivity contribution in [2.45, 2.75) is 11.3 Å². The number of halogens is 1. The zero-order valence-corrected chi connectivity index (χ0v) is 14.3. The normalized spacial score (nSPS) is 16.0. The molecule has 0 aliphatic carbocycles. The van der Waals surface area contributed by atoms with Crippen LogP contribution >= 0.6 is 0 Å². The molecule has 0 bridgehead atoms. The lowest BCUT2D eigenvalue weighted by atomic mass is 10.1. The monoisotopic (exact) mass is 363 g/mol. The lowest BCUT2D eigenvalue weighted by Crippen LogP contribution is -2.50. The van der Waals surface area contributed by atoms with Gasteiger partial charge in [0.2, 0.25) is 15.9 Å². The van der Waals surface area contributed by atoms with E-state index in [4.69, 9.17) is 0 Å². The van der Waals surface area contributed by atoms with Gasteiger partial charge in [-0.15, -0.1) is 0 Å². The minimum atomic E-state index is -3.58. The van der Waals surface area contributed by atoms with Gasteiger partial charge in [0.1, 0.15) is 10.7 Å². The smallest absolute Gasteiger partial charge is 0.244 e. The van der Waals surface area contributed by atoms with E-state index >= 15 is 0 Å². The third kappa shape index (κ3) is 4.02. The van der Waals surface area contributed by atoms with Crippen molar-refractivity contribution >= 4 is 15.9 Å². The molecule has 3 rings (SSSR count). The summed E-state index contributed by atoms with van der Waals surface area (Å²) in [6.07, 6.45) is 3.02. The minimum absolute atomic E-state index is 0.0926. The fourth-order valence-electron chi connectivity index (χ4n) is 2.72. The average Bonchev–Trinajstić information content (AvgIpc) is 2.64. The van der Waals surface area contributed by atoms with Crippen LogP contribution in [-0.4, -0.2) is 54.7 Å². The SMILES string of the molecule is O=C(Cc1ccc(F)cc1)N1CCN(S(=O)(=O)c2cccnc2)CC1. The first-order valence-electron chi connectivity index (χ1n) is 7.89. The van der Waals surface area contributed by atoms with E-state index in [-0.39, 0.29) is 36.1 Å². The first-order chi connectivity index (χ1) is 12.0. The molecule has 6 nitrogen and oxygen atoms in total. The van der Waals surface area contributed by atoms with Gasteiger partial charge in [0, 0.05) is 38.6 Å². The van der Waals surface area contributed by atoms with Crippen LogP contribution in [0.15, 0.2) is 53.7 Å². The number of sulfonamides is 1. The number of amides is 1. The summed E-state index contributed by atoms with van der Waals surface area (Å²) in [4.78, 5) is 18.0. The maximum atomic E-state index is 12.9. The summed E-state index contributed by atoms with van der Waals surface area (Å²) in [5.41, 5.74) is 0.733. The second kappa shape index (κ2) is 7.28. The van der Waals surface area contributed by atoms with Crippen LogP contribution in [0, 0.1) is 5.82 Å². The van der Waals surface area contributed by atoms with Gasteiger partial charge in [-0.25, -0.2) is 12.8 Å². The number of aromatic nitrogens is 1. The van der Waals surface area contributed by atoms with E-state index in [0.717, 1.165) is 5.56 Å². The van der Waals surface area contributed by atoms with Gasteiger partial charge in [-0.2, -0.15) is 4.31 Å². The van der Waals surface area contributed by atoms with Crippen LogP contribution < -0.4 is 0 Å². The van der Waals surface area contributed by atoms with Gasteiger partial charge in [0.05, 0.1) is 6.42 Å². The molecule has 1 aromatic carbocycles. The fraction of sp³-hybridized carbons (Fsp3) is 0.294. The summed E-state index contributed by atoms with van der Waals surface area (Å²) in [5, 5.41) is 0. The lowest BCUT2D eigenvalue weighted by Gasteiger charge is -2.34. The van der Waals surface area contributed by atoms with Gasteiger partial charge in [-0.3, -0.25) is 9.78 Å². The highest BCUT2D eigenvalue weighted by molar-refractivity contribution is 7.89. The molecule has 1 aliphatic rings. The number of pyridine rings is 1. The van der Waals surface area contributed by atoms with Gasteiger partial charge >= 0.3 is 0 Å². The zero-order valence-electron chi connectivity index (χ0n) is 13.5. The maximum Gasteiger partial charge on any atom is 0.244 e. The molecule has 0 radical (unpaired) electrons. The van der Waals surface area contributed by atoms with Gasteiger partial charge in [-0.05, 0) is 29.8 Å². The Bertz CT molecular complexity index is 833. The first kappa shape index (κ1) is 17.5. The number of hydrogen-bond acceptors (Lipinski definition) is 4. The van der Waals surface area contributed by atoms with Crippen LogP contribution in [0.3, 0.4) is 0 Å². The minimum Gasteiger partial charge on any atom is -0.340 e. The van der Waals surface area contributed by atoms with E-state index in [0.29, 0.717) is 13.1 Å². The molecule has 2 heterocycles. The number of carbonyl (C=O) groups excluding carboxylic acids is 1. The summed E-state index contributed by atoms with van der Waals surface area (Å²) in [6.45, 7) is 1.15. The van der Waals surface area contributed by atoms with Crippen molar-refractivity contribution in [3.8, 4) is 0 Å². The van der Waals surface area contributed by atoms with Gasteiger partial charge < -0.3 is 4.90 Å². The average molecular weight is 363 g/mol. The summed E-state index contributed by atoms with van der Waals surface area (Å²) < 4.78 is 39.3. The van der Waals surface area contributed by atoms with Crippen molar-refractivity contribution in [1.82, 2.24) is 14.2 Å². The lowest BCUT2D eigenvalue weighted by molar-refractivity contribution is -0.131. The van der Waals surface area contributed by atoms with Crippen LogP contribution in [0.2, 0.25) is 0 Å². The van der Waals surface area contributed by atoms with Crippen LogP contribution in [0.4, 0.5) is 4.39 Å². The summed E-state index contributed by atoms with van der Waals surface area (Å²) in [7, 11) is -3.58. The standard InChI is InChI=1S/C17H18FN3O3S/c18-15-5-3-14(4-6-15)12-17(22)20-8-10-21(11-9-20)25(23,24)16-2-1-7-19-13-16/h1-7,13H,8-12H2. The van der Waals surface area contributed by atoms with E-state index < -0.39 is 10.0 Å². The molecule has 132 valence electrons. The van der Waals surface area contributed by atoms with Crippen molar-refractivity contribution in [2.75, 3.05) is 26.2 Å². The molecule has 0 saturated carbocycles. The molecular formula is C17H18FN3O3S. The third-order valence-electron chi connectivity index (χ3n) is 4.13. The molecule has 25 heavy (non-hydrogen) atoms. The highest BCUT2D eigenvalue weighted by Gasteiger charge is 2.30. The van der Waals surface area contributed by atoms with Crippen molar-refractivity contribution in [1.29, 1.82) is 0 Å². The second-order valence-corrected chi connectivity index (χ2v) is 7.71. The van der Waals surface area contributed by atoms with Crippen LogP contribution in [0.1, 0.15) is 5.56 Å². The number of rotatable bonds is 4.